The highest BCUT2D eigenvalue weighted by Gasteiger charge is 2.18. The molecule has 1 N–H and O–H groups in total. The summed E-state index contributed by atoms with van der Waals surface area (Å²) in [4.78, 5) is 17.1. The van der Waals surface area contributed by atoms with Crippen LogP contribution in [-0.2, 0) is 0 Å². The van der Waals surface area contributed by atoms with Crippen LogP contribution in [0.5, 0.6) is 17.2 Å². The van der Waals surface area contributed by atoms with Gasteiger partial charge in [-0.2, -0.15) is 5.10 Å². The van der Waals surface area contributed by atoms with Crippen molar-refractivity contribution in [1.82, 2.24) is 14.6 Å². The van der Waals surface area contributed by atoms with Gasteiger partial charge in [-0.1, -0.05) is 0 Å². The third-order valence-electron chi connectivity index (χ3n) is 3.87. The van der Waals surface area contributed by atoms with Crippen LogP contribution in [0.1, 0.15) is 37.0 Å². The summed E-state index contributed by atoms with van der Waals surface area (Å²) in [6, 6.07) is 6.89. The van der Waals surface area contributed by atoms with Crippen molar-refractivity contribution in [2.75, 3.05) is 25.1 Å². The van der Waals surface area contributed by atoms with Crippen LogP contribution < -0.4 is 19.5 Å². The summed E-state index contributed by atoms with van der Waals surface area (Å²) in [7, 11) is 0. The van der Waals surface area contributed by atoms with E-state index in [1.54, 1.807) is 35.0 Å². The summed E-state index contributed by atoms with van der Waals surface area (Å²) >= 11 is 0. The molecule has 2 heterocycles. The molecule has 28 heavy (non-hydrogen) atoms. The van der Waals surface area contributed by atoms with Gasteiger partial charge in [-0.25, -0.2) is 9.50 Å². The second-order valence-corrected chi connectivity index (χ2v) is 5.93. The molecule has 8 heteroatoms. The topological polar surface area (TPSA) is 87.0 Å². The average Bonchev–Trinajstić information content (AvgIpc) is 3.03. The first-order valence-electron chi connectivity index (χ1n) is 9.26. The third kappa shape index (κ3) is 4.16. The molecule has 8 nitrogen and oxygen atoms in total. The zero-order valence-electron chi connectivity index (χ0n) is 16.5. The number of rotatable bonds is 8. The van der Waals surface area contributed by atoms with Gasteiger partial charge < -0.3 is 19.5 Å². The van der Waals surface area contributed by atoms with Gasteiger partial charge in [0.25, 0.3) is 5.91 Å². The van der Waals surface area contributed by atoms with E-state index >= 15 is 0 Å². The van der Waals surface area contributed by atoms with Crippen molar-refractivity contribution < 1.29 is 19.0 Å². The van der Waals surface area contributed by atoms with Crippen molar-refractivity contribution in [3.8, 4) is 17.2 Å². The average molecular weight is 384 g/mol. The molecule has 0 unspecified atom stereocenters. The van der Waals surface area contributed by atoms with E-state index in [0.29, 0.717) is 59.8 Å². The number of amides is 1. The highest BCUT2D eigenvalue weighted by Crippen LogP contribution is 2.39. The van der Waals surface area contributed by atoms with Crippen LogP contribution in [0.3, 0.4) is 0 Å². The van der Waals surface area contributed by atoms with E-state index in [1.807, 2.05) is 27.7 Å². The van der Waals surface area contributed by atoms with Crippen molar-refractivity contribution in [3.05, 3.63) is 41.9 Å². The Hall–Kier alpha value is -3.29. The van der Waals surface area contributed by atoms with E-state index < -0.39 is 0 Å². The zero-order valence-corrected chi connectivity index (χ0v) is 16.5. The number of benzene rings is 1. The van der Waals surface area contributed by atoms with Crippen LogP contribution in [-0.4, -0.2) is 40.3 Å². The smallest absolute Gasteiger partial charge is 0.255 e. The zero-order chi connectivity index (χ0) is 20.1. The van der Waals surface area contributed by atoms with Crippen molar-refractivity contribution >= 4 is 17.2 Å². The molecule has 0 bridgehead atoms. The van der Waals surface area contributed by atoms with Gasteiger partial charge in [-0.3, -0.25) is 4.79 Å². The predicted molar refractivity (Wildman–Crippen MR) is 106 cm³/mol. The van der Waals surface area contributed by atoms with Gasteiger partial charge in [-0.15, -0.1) is 0 Å². The first-order valence-corrected chi connectivity index (χ1v) is 9.26. The molecule has 3 aromatic rings. The van der Waals surface area contributed by atoms with Gasteiger partial charge in [0.15, 0.2) is 17.1 Å². The van der Waals surface area contributed by atoms with Crippen molar-refractivity contribution in [2.45, 2.75) is 27.7 Å². The fourth-order valence-corrected chi connectivity index (χ4v) is 2.79. The number of nitrogens with one attached hydrogen (secondary N) is 1. The molecule has 0 aliphatic heterocycles. The Kier molecular flexibility index (Phi) is 5.98. The molecule has 148 valence electrons. The standard InChI is InChI=1S/C20H24N4O4/c1-5-26-16-10-14(11-17(27-6-2)19(16)28-7-3)20(25)22-15-8-9-18-21-13(4)23-24(18)12-15/h8-12H,5-7H2,1-4H3,(H,22,25). The first kappa shape index (κ1) is 19.5. The van der Waals surface area contributed by atoms with Gasteiger partial charge in [0.1, 0.15) is 5.82 Å². The molecule has 0 aliphatic carbocycles. The van der Waals surface area contributed by atoms with E-state index in [2.05, 4.69) is 15.4 Å². The van der Waals surface area contributed by atoms with Gasteiger partial charge in [0, 0.05) is 5.56 Å². The molecule has 2 aromatic heterocycles. The number of hydrogen-bond acceptors (Lipinski definition) is 6. The Morgan fingerprint density at radius 1 is 1.04 bits per heavy atom. The lowest BCUT2D eigenvalue weighted by atomic mass is 10.1. The summed E-state index contributed by atoms with van der Waals surface area (Å²) < 4.78 is 18.6. The molecule has 1 amide bonds. The Bertz CT molecular complexity index is 956. The summed E-state index contributed by atoms with van der Waals surface area (Å²) in [6.07, 6.45) is 1.72. The molecule has 0 saturated heterocycles. The number of pyridine rings is 1. The summed E-state index contributed by atoms with van der Waals surface area (Å²) in [5.74, 6) is 1.83. The number of ether oxygens (including phenoxy) is 3. The second kappa shape index (κ2) is 8.60. The monoisotopic (exact) mass is 384 g/mol. The second-order valence-electron chi connectivity index (χ2n) is 5.93. The van der Waals surface area contributed by atoms with Crippen LogP contribution in [0.4, 0.5) is 5.69 Å². The SMILES string of the molecule is CCOc1cc(C(=O)Nc2ccc3nc(C)nn3c2)cc(OCC)c1OCC. The number of nitrogens with zero attached hydrogens (tertiary/aromatic N) is 3. The fraction of sp³-hybridized carbons (Fsp3) is 0.350. The molecular weight excluding hydrogens is 360 g/mol. The number of hydrogen-bond donors (Lipinski definition) is 1. The molecular formula is C20H24N4O4. The van der Waals surface area contributed by atoms with Crippen LogP contribution in [0.25, 0.3) is 5.65 Å². The molecule has 0 spiro atoms. The summed E-state index contributed by atoms with van der Waals surface area (Å²) in [5, 5.41) is 7.13. The lowest BCUT2D eigenvalue weighted by Crippen LogP contribution is -2.14. The molecule has 0 atom stereocenters. The van der Waals surface area contributed by atoms with Gasteiger partial charge in [-0.05, 0) is 52.0 Å². The highest BCUT2D eigenvalue weighted by atomic mass is 16.5. The Morgan fingerprint density at radius 3 is 2.29 bits per heavy atom. The predicted octanol–water partition coefficient (Wildman–Crippen LogP) is 3.49. The third-order valence-corrected chi connectivity index (χ3v) is 3.87. The van der Waals surface area contributed by atoms with Crippen LogP contribution in [0.15, 0.2) is 30.5 Å². The maximum absolute atomic E-state index is 12.8. The van der Waals surface area contributed by atoms with Crippen molar-refractivity contribution in [1.29, 1.82) is 0 Å². The summed E-state index contributed by atoms with van der Waals surface area (Å²) in [6.45, 7) is 8.79. The van der Waals surface area contributed by atoms with Crippen LogP contribution >= 0.6 is 0 Å². The maximum atomic E-state index is 12.8. The molecule has 0 aliphatic rings. The number of aryl methyl sites for hydroxylation is 1. The first-order chi connectivity index (χ1) is 13.5. The van der Waals surface area contributed by atoms with E-state index in [9.17, 15) is 4.79 Å². The van der Waals surface area contributed by atoms with E-state index in [0.717, 1.165) is 0 Å². The van der Waals surface area contributed by atoms with Crippen LogP contribution in [0, 0.1) is 6.92 Å². The van der Waals surface area contributed by atoms with E-state index in [-0.39, 0.29) is 5.91 Å². The minimum absolute atomic E-state index is 0.291. The Morgan fingerprint density at radius 2 is 1.68 bits per heavy atom. The largest absolute Gasteiger partial charge is 0.490 e. The van der Waals surface area contributed by atoms with Gasteiger partial charge >= 0.3 is 0 Å². The quantitative estimate of drug-likeness (QED) is 0.640. The number of carbonyl (C=O) groups is 1. The van der Waals surface area contributed by atoms with Crippen LogP contribution in [0.2, 0.25) is 0 Å². The number of carbonyl (C=O) groups excluding carboxylic acids is 1. The van der Waals surface area contributed by atoms with Crippen molar-refractivity contribution in [2.24, 2.45) is 0 Å². The Labute approximate surface area is 163 Å². The van der Waals surface area contributed by atoms with E-state index in [4.69, 9.17) is 14.2 Å². The van der Waals surface area contributed by atoms with Gasteiger partial charge in [0.2, 0.25) is 5.75 Å². The highest BCUT2D eigenvalue weighted by molar-refractivity contribution is 6.05. The Balaban J connectivity index is 1.92. The van der Waals surface area contributed by atoms with Crippen molar-refractivity contribution in [3.63, 3.8) is 0 Å². The molecule has 0 saturated carbocycles. The lowest BCUT2D eigenvalue weighted by molar-refractivity contribution is 0.102. The number of fused-ring (bicyclic) bond motifs is 1. The number of aromatic nitrogens is 3. The van der Waals surface area contributed by atoms with Gasteiger partial charge in [0.05, 0.1) is 31.7 Å². The van der Waals surface area contributed by atoms with E-state index in [1.165, 1.54) is 0 Å². The normalized spacial score (nSPS) is 10.7. The number of anilines is 1. The molecule has 0 fully saturated rings. The lowest BCUT2D eigenvalue weighted by Gasteiger charge is -2.17. The maximum Gasteiger partial charge on any atom is 0.255 e. The molecule has 1 aromatic carbocycles. The molecule has 3 rings (SSSR count). The summed E-state index contributed by atoms with van der Waals surface area (Å²) in [5.41, 5.74) is 1.73. The fourth-order valence-electron chi connectivity index (χ4n) is 2.79. The minimum atomic E-state index is -0.291. The molecule has 0 radical (unpaired) electrons. The minimum Gasteiger partial charge on any atom is -0.490 e.